The van der Waals surface area contributed by atoms with E-state index in [0.29, 0.717) is 5.92 Å². The van der Waals surface area contributed by atoms with E-state index < -0.39 is 0 Å². The third-order valence-electron chi connectivity index (χ3n) is 3.85. The van der Waals surface area contributed by atoms with Crippen molar-refractivity contribution in [2.24, 2.45) is 11.8 Å². The zero-order valence-electron chi connectivity index (χ0n) is 13.0. The predicted molar refractivity (Wildman–Crippen MR) is 78.0 cm³/mol. The topological polar surface area (TPSA) is 24.5 Å². The van der Waals surface area contributed by atoms with Gasteiger partial charge in [-0.2, -0.15) is 0 Å². The molecule has 1 N–H and O–H groups in total. The summed E-state index contributed by atoms with van der Waals surface area (Å²) in [6, 6.07) is 0. The van der Waals surface area contributed by atoms with Gasteiger partial charge in [0.1, 0.15) is 0 Å². The quantitative estimate of drug-likeness (QED) is 0.757. The molecule has 0 aromatic carbocycles. The van der Waals surface area contributed by atoms with E-state index in [1.807, 2.05) is 7.11 Å². The first-order valence-corrected chi connectivity index (χ1v) is 7.43. The van der Waals surface area contributed by atoms with Crippen LogP contribution in [0.5, 0.6) is 0 Å². The molecule has 0 aliphatic carbocycles. The molecule has 1 aliphatic heterocycles. The Labute approximate surface area is 113 Å². The third-order valence-corrected chi connectivity index (χ3v) is 3.85. The number of nitrogens with zero attached hydrogens (tertiary/aromatic N) is 1. The van der Waals surface area contributed by atoms with Crippen molar-refractivity contribution in [1.82, 2.24) is 10.2 Å². The molecule has 0 amide bonds. The molecule has 0 radical (unpaired) electrons. The molecule has 1 fully saturated rings. The number of methoxy groups -OCH3 is 1. The van der Waals surface area contributed by atoms with Crippen molar-refractivity contribution in [1.29, 1.82) is 0 Å². The first-order valence-electron chi connectivity index (χ1n) is 7.43. The standard InChI is InChI=1S/C15H32N2O/c1-13(2)9-16-10-14(3)11-17-8-6-7-15(4,12-17)18-5/h13-14,16H,6-12H2,1-5H3. The van der Waals surface area contributed by atoms with Crippen LogP contribution >= 0.6 is 0 Å². The van der Waals surface area contributed by atoms with Gasteiger partial charge in [-0.3, -0.25) is 0 Å². The second-order valence-corrected chi connectivity index (χ2v) is 6.65. The van der Waals surface area contributed by atoms with E-state index in [-0.39, 0.29) is 5.60 Å². The lowest BCUT2D eigenvalue weighted by Gasteiger charge is -2.40. The van der Waals surface area contributed by atoms with Crippen molar-refractivity contribution in [3.63, 3.8) is 0 Å². The normalized spacial score (nSPS) is 27.7. The summed E-state index contributed by atoms with van der Waals surface area (Å²) in [6.07, 6.45) is 2.45. The minimum atomic E-state index is 0.0727. The van der Waals surface area contributed by atoms with E-state index in [9.17, 15) is 0 Å². The lowest BCUT2D eigenvalue weighted by Crippen LogP contribution is -2.49. The van der Waals surface area contributed by atoms with Crippen LogP contribution in [-0.4, -0.2) is 50.3 Å². The number of likely N-dealkylation sites (tertiary alicyclic amines) is 1. The van der Waals surface area contributed by atoms with Crippen LogP contribution in [0, 0.1) is 11.8 Å². The van der Waals surface area contributed by atoms with E-state index in [1.165, 1.54) is 25.9 Å². The van der Waals surface area contributed by atoms with Gasteiger partial charge in [-0.15, -0.1) is 0 Å². The van der Waals surface area contributed by atoms with Crippen LogP contribution in [0.1, 0.15) is 40.5 Å². The number of hydrogen-bond donors (Lipinski definition) is 1. The summed E-state index contributed by atoms with van der Waals surface area (Å²) >= 11 is 0. The lowest BCUT2D eigenvalue weighted by atomic mass is 9.94. The van der Waals surface area contributed by atoms with Crippen LogP contribution in [0.4, 0.5) is 0 Å². The van der Waals surface area contributed by atoms with E-state index in [2.05, 4.69) is 37.9 Å². The fourth-order valence-corrected chi connectivity index (χ4v) is 2.75. The zero-order chi connectivity index (χ0) is 13.6. The molecule has 108 valence electrons. The smallest absolute Gasteiger partial charge is 0.0777 e. The fraction of sp³-hybridized carbons (Fsp3) is 1.00. The SMILES string of the molecule is COC1(C)CCCN(CC(C)CNCC(C)C)C1. The molecule has 0 aromatic rings. The van der Waals surface area contributed by atoms with E-state index in [1.54, 1.807) is 0 Å². The number of nitrogens with one attached hydrogen (secondary N) is 1. The van der Waals surface area contributed by atoms with Gasteiger partial charge in [0.2, 0.25) is 0 Å². The third kappa shape index (κ3) is 5.68. The Morgan fingerprint density at radius 2 is 2.00 bits per heavy atom. The Morgan fingerprint density at radius 3 is 2.61 bits per heavy atom. The monoisotopic (exact) mass is 256 g/mol. The summed E-state index contributed by atoms with van der Waals surface area (Å²) in [5, 5.41) is 3.55. The van der Waals surface area contributed by atoms with Gasteiger partial charge < -0.3 is 15.0 Å². The van der Waals surface area contributed by atoms with Crippen LogP contribution in [0.2, 0.25) is 0 Å². The average Bonchev–Trinajstić information content (AvgIpc) is 2.28. The molecule has 0 saturated carbocycles. The molecule has 2 atom stereocenters. The van der Waals surface area contributed by atoms with Crippen molar-refractivity contribution < 1.29 is 4.74 Å². The van der Waals surface area contributed by atoms with E-state index >= 15 is 0 Å². The molecule has 1 saturated heterocycles. The Bertz CT molecular complexity index is 233. The second-order valence-electron chi connectivity index (χ2n) is 6.65. The Morgan fingerprint density at radius 1 is 1.28 bits per heavy atom. The minimum Gasteiger partial charge on any atom is -0.377 e. The highest BCUT2D eigenvalue weighted by atomic mass is 16.5. The summed E-state index contributed by atoms with van der Waals surface area (Å²) in [7, 11) is 1.84. The first-order chi connectivity index (χ1) is 8.45. The van der Waals surface area contributed by atoms with Crippen LogP contribution < -0.4 is 5.32 Å². The van der Waals surface area contributed by atoms with Crippen molar-refractivity contribution >= 4 is 0 Å². The summed E-state index contributed by atoms with van der Waals surface area (Å²) in [4.78, 5) is 2.56. The highest BCUT2D eigenvalue weighted by Gasteiger charge is 2.30. The molecule has 0 aromatic heterocycles. The van der Waals surface area contributed by atoms with Crippen molar-refractivity contribution in [3.05, 3.63) is 0 Å². The van der Waals surface area contributed by atoms with Gasteiger partial charge >= 0.3 is 0 Å². The number of rotatable bonds is 7. The molecule has 3 heteroatoms. The van der Waals surface area contributed by atoms with Gasteiger partial charge in [-0.1, -0.05) is 20.8 Å². The number of ether oxygens (including phenoxy) is 1. The molecule has 0 spiro atoms. The summed E-state index contributed by atoms with van der Waals surface area (Å²) in [5.74, 6) is 1.45. The van der Waals surface area contributed by atoms with Gasteiger partial charge in [0.15, 0.2) is 0 Å². The molecule has 1 rings (SSSR count). The lowest BCUT2D eigenvalue weighted by molar-refractivity contribution is -0.0531. The molecule has 1 aliphatic rings. The maximum absolute atomic E-state index is 5.65. The van der Waals surface area contributed by atoms with Crippen LogP contribution in [0.15, 0.2) is 0 Å². The zero-order valence-corrected chi connectivity index (χ0v) is 13.0. The van der Waals surface area contributed by atoms with Gasteiger partial charge in [0.05, 0.1) is 5.60 Å². The summed E-state index contributed by atoms with van der Waals surface area (Å²) in [6.45, 7) is 14.8. The molecular formula is C15H32N2O. The van der Waals surface area contributed by atoms with Gasteiger partial charge in [-0.05, 0) is 51.2 Å². The summed E-state index contributed by atoms with van der Waals surface area (Å²) in [5.41, 5.74) is 0.0727. The molecule has 18 heavy (non-hydrogen) atoms. The minimum absolute atomic E-state index is 0.0727. The van der Waals surface area contributed by atoms with Crippen molar-refractivity contribution in [2.45, 2.75) is 46.1 Å². The Kier molecular flexibility index (Phi) is 6.61. The Balaban J connectivity index is 2.24. The maximum atomic E-state index is 5.65. The van der Waals surface area contributed by atoms with E-state index in [0.717, 1.165) is 25.6 Å². The highest BCUT2D eigenvalue weighted by Crippen LogP contribution is 2.24. The van der Waals surface area contributed by atoms with E-state index in [4.69, 9.17) is 4.74 Å². The van der Waals surface area contributed by atoms with Crippen LogP contribution in [-0.2, 0) is 4.74 Å². The molecule has 1 heterocycles. The van der Waals surface area contributed by atoms with Crippen LogP contribution in [0.25, 0.3) is 0 Å². The largest absolute Gasteiger partial charge is 0.377 e. The van der Waals surface area contributed by atoms with Gasteiger partial charge in [-0.25, -0.2) is 0 Å². The molecular weight excluding hydrogens is 224 g/mol. The maximum Gasteiger partial charge on any atom is 0.0777 e. The molecule has 2 unspecified atom stereocenters. The van der Waals surface area contributed by atoms with Crippen molar-refractivity contribution in [3.8, 4) is 0 Å². The van der Waals surface area contributed by atoms with Crippen molar-refractivity contribution in [2.75, 3.05) is 39.8 Å². The average molecular weight is 256 g/mol. The fourth-order valence-electron chi connectivity index (χ4n) is 2.75. The van der Waals surface area contributed by atoms with Crippen LogP contribution in [0.3, 0.4) is 0 Å². The van der Waals surface area contributed by atoms with Gasteiger partial charge in [0, 0.05) is 20.2 Å². The highest BCUT2D eigenvalue weighted by molar-refractivity contribution is 4.85. The number of piperidine rings is 1. The predicted octanol–water partition coefficient (Wildman–Crippen LogP) is 2.37. The first kappa shape index (κ1) is 15.9. The second kappa shape index (κ2) is 7.46. The molecule has 0 bridgehead atoms. The summed E-state index contributed by atoms with van der Waals surface area (Å²) < 4.78 is 5.65. The number of hydrogen-bond acceptors (Lipinski definition) is 3. The Hall–Kier alpha value is -0.120. The van der Waals surface area contributed by atoms with Gasteiger partial charge in [0.25, 0.3) is 0 Å². The molecule has 3 nitrogen and oxygen atoms in total.